The van der Waals surface area contributed by atoms with Gasteiger partial charge in [0.05, 0.1) is 0 Å². The molecule has 2 spiro atoms. The first-order valence-corrected chi connectivity index (χ1v) is 23.8. The maximum absolute atomic E-state index is 13.3. The Kier molecular flexibility index (Phi) is 3.49. The van der Waals surface area contributed by atoms with Gasteiger partial charge in [-0.1, -0.05) is 78.9 Å². The van der Waals surface area contributed by atoms with Crippen molar-refractivity contribution in [3.05, 3.63) is 162 Å². The maximum Gasteiger partial charge on any atom is 0.158 e. The number of carbonyl (C=O) groups is 1. The Labute approximate surface area is 353 Å². The molecule has 2 heteroatoms. The van der Waals surface area contributed by atoms with Crippen molar-refractivity contribution in [1.29, 1.82) is 0 Å². The molecule has 9 aromatic rings. The van der Waals surface area contributed by atoms with E-state index in [-0.39, 0.29) is 28.6 Å². The molecule has 9 aromatic carbocycles. The molecular weight excluding hydrogens is 753 g/mol. The van der Waals surface area contributed by atoms with Crippen LogP contribution in [0.1, 0.15) is 121 Å². The normalized spacial score (nSPS) is 33.9. The molecular formula is C60H32O2. The quantitative estimate of drug-likeness (QED) is 0.171. The molecule has 1 N–H and O–H groups in total. The van der Waals surface area contributed by atoms with Crippen molar-refractivity contribution >= 4 is 81.6 Å². The van der Waals surface area contributed by atoms with Crippen molar-refractivity contribution in [3.63, 3.8) is 0 Å². The number of rotatable bonds is 6. The van der Waals surface area contributed by atoms with E-state index < -0.39 is 0 Å². The van der Waals surface area contributed by atoms with Crippen molar-refractivity contribution < 1.29 is 9.90 Å². The molecule has 13 aliphatic rings. The Morgan fingerprint density at radius 1 is 0.661 bits per heavy atom. The second-order valence-corrected chi connectivity index (χ2v) is 22.4. The predicted octanol–water partition coefficient (Wildman–Crippen LogP) is 11.9. The summed E-state index contributed by atoms with van der Waals surface area (Å²) in [6.07, 6.45) is 17.8. The minimum atomic E-state index is -0.364. The largest absolute Gasteiger partial charge is 0.389 e. The van der Waals surface area contributed by atoms with Crippen LogP contribution < -0.4 is 0 Å². The molecule has 62 heavy (non-hydrogen) atoms. The van der Waals surface area contributed by atoms with Gasteiger partial charge in [-0.15, -0.1) is 0 Å². The summed E-state index contributed by atoms with van der Waals surface area (Å²) in [6, 6.07) is 20.0. The summed E-state index contributed by atoms with van der Waals surface area (Å²) in [5.41, 5.74) is 30.7. The zero-order chi connectivity index (χ0) is 38.9. The molecule has 0 radical (unpaired) electrons. The SMILES string of the molecule is O=C(CO)CCCC1(c2ccccc2)C23c4c5c6c7c8c4C4C9=C8C=CC7C7C=C8Cc%10cc%11cc%12c%13c%14c(cc%15c(c%14c%14c2c-5c2c(c8c%10c5c%11c%13c%14c25)C67)C13C4C%15C=C9)C%12. The van der Waals surface area contributed by atoms with Crippen LogP contribution in [0.25, 0.3) is 86.9 Å². The van der Waals surface area contributed by atoms with Crippen molar-refractivity contribution in [3.8, 4) is 11.1 Å². The third kappa shape index (κ3) is 1.98. The third-order valence-corrected chi connectivity index (χ3v) is 21.6. The molecule has 13 aliphatic carbocycles. The number of Topliss-reactive ketones (excluding diaryl/α,β-unsaturated/α-hetero) is 1. The summed E-state index contributed by atoms with van der Waals surface area (Å²) in [7, 11) is 0. The van der Waals surface area contributed by atoms with Crippen LogP contribution in [-0.2, 0) is 33.9 Å². The number of allylic oxidation sites excluding steroid dienone is 8. The first-order chi connectivity index (χ1) is 30.7. The Bertz CT molecular complexity index is 4280. The van der Waals surface area contributed by atoms with E-state index in [1.807, 2.05) is 0 Å². The summed E-state index contributed by atoms with van der Waals surface area (Å²) in [5, 5.41) is 29.4. The van der Waals surface area contributed by atoms with E-state index in [0.717, 1.165) is 25.7 Å². The van der Waals surface area contributed by atoms with Gasteiger partial charge in [-0.25, -0.2) is 0 Å². The average molecular weight is 785 g/mol. The fourth-order valence-electron chi connectivity index (χ4n) is 21.2. The van der Waals surface area contributed by atoms with Crippen molar-refractivity contribution in [2.75, 3.05) is 6.61 Å². The van der Waals surface area contributed by atoms with Gasteiger partial charge >= 0.3 is 0 Å². The van der Waals surface area contributed by atoms with Crippen LogP contribution in [0.15, 0.2) is 84.5 Å². The number of ketones is 1. The van der Waals surface area contributed by atoms with Gasteiger partial charge in [0.25, 0.3) is 0 Å². The molecule has 0 aliphatic heterocycles. The molecule has 284 valence electrons. The molecule has 1 saturated carbocycles. The van der Waals surface area contributed by atoms with Crippen molar-refractivity contribution in [2.24, 2.45) is 11.8 Å². The minimum Gasteiger partial charge on any atom is -0.389 e. The van der Waals surface area contributed by atoms with Gasteiger partial charge in [-0.3, -0.25) is 4.79 Å². The van der Waals surface area contributed by atoms with E-state index >= 15 is 0 Å². The number of aliphatic hydroxyl groups is 1. The number of hydrogen-bond acceptors (Lipinski definition) is 2. The van der Waals surface area contributed by atoms with Crippen LogP contribution in [0.5, 0.6) is 0 Å². The zero-order valence-electron chi connectivity index (χ0n) is 33.6. The molecule has 1 fully saturated rings. The molecule has 0 aromatic heterocycles. The standard InChI is InChI=1S/C60H32O2/c61-19-26(62)7-4-12-58(25-5-2-1-3-6-25)59-54-30-11-10-28-27-8-9-29-31-17-23-15-20-13-22-14-21-16-24-18-32(30)55(59)49-36(24)34(21)43-37(22)42-33(20)35(23)44-40(31)45-38(29)39(27)50(41(28)54)56-51(45)53-48(44)46(42)47(43)52(49)57(53)60(56,58)59/h1-3,5-6,8-11,13-14,17-18,29-31,40-41,54,61H,4,7,12,15-16,19H2. The van der Waals surface area contributed by atoms with E-state index in [0.29, 0.717) is 41.9 Å². The lowest BCUT2D eigenvalue weighted by atomic mass is 9.57. The fourth-order valence-corrected chi connectivity index (χ4v) is 21.2. The van der Waals surface area contributed by atoms with E-state index in [4.69, 9.17) is 0 Å². The lowest BCUT2D eigenvalue weighted by molar-refractivity contribution is -0.121. The first-order valence-electron chi connectivity index (χ1n) is 23.8. The number of aliphatic hydroxyl groups excluding tert-OH is 1. The summed E-state index contributed by atoms with van der Waals surface area (Å²) < 4.78 is 0. The van der Waals surface area contributed by atoms with E-state index in [1.54, 1.807) is 159 Å². The van der Waals surface area contributed by atoms with E-state index in [9.17, 15) is 9.90 Å². The molecule has 0 bridgehead atoms. The van der Waals surface area contributed by atoms with Gasteiger partial charge in [-0.05, 0) is 208 Å². The second-order valence-electron chi connectivity index (χ2n) is 22.4. The molecule has 9 unspecified atom stereocenters. The third-order valence-electron chi connectivity index (χ3n) is 21.6. The number of benzene rings is 8. The van der Waals surface area contributed by atoms with Gasteiger partial charge < -0.3 is 5.11 Å². The Morgan fingerprint density at radius 2 is 1.45 bits per heavy atom. The van der Waals surface area contributed by atoms with Gasteiger partial charge in [0, 0.05) is 46.3 Å². The van der Waals surface area contributed by atoms with E-state index in [2.05, 4.69) is 78.9 Å². The summed E-state index contributed by atoms with van der Waals surface area (Å²) in [5.74, 6) is 2.32. The van der Waals surface area contributed by atoms with Gasteiger partial charge in [0.1, 0.15) is 6.61 Å². The minimum absolute atomic E-state index is 0.0190. The lowest BCUT2D eigenvalue weighted by Gasteiger charge is -2.44. The van der Waals surface area contributed by atoms with Gasteiger partial charge in [0.2, 0.25) is 0 Å². The lowest BCUT2D eigenvalue weighted by Crippen LogP contribution is -2.40. The summed E-state index contributed by atoms with van der Waals surface area (Å²) >= 11 is 0. The number of fused-ring (bicyclic) bond motifs is 2. The number of hydrogen-bond donors (Lipinski definition) is 1. The van der Waals surface area contributed by atoms with Crippen molar-refractivity contribution in [1.82, 2.24) is 0 Å². The monoisotopic (exact) mass is 784 g/mol. The molecule has 2 nitrogen and oxygen atoms in total. The maximum atomic E-state index is 13.3. The van der Waals surface area contributed by atoms with Crippen LogP contribution in [0, 0.1) is 11.8 Å². The predicted molar refractivity (Wildman–Crippen MR) is 244 cm³/mol. The Balaban J connectivity index is 1.11. The summed E-state index contributed by atoms with van der Waals surface area (Å²) in [6.45, 7) is -0.364. The van der Waals surface area contributed by atoms with Crippen LogP contribution in [-0.4, -0.2) is 17.5 Å². The fraction of sp³-hybridized carbons (Fsp3) is 0.250. The summed E-state index contributed by atoms with van der Waals surface area (Å²) in [4.78, 5) is 13.3. The highest BCUT2D eigenvalue weighted by Gasteiger charge is 2.97. The van der Waals surface area contributed by atoms with Crippen LogP contribution in [0.4, 0.5) is 0 Å². The smallest absolute Gasteiger partial charge is 0.158 e. The van der Waals surface area contributed by atoms with Crippen LogP contribution in [0.3, 0.4) is 0 Å². The average Bonchev–Trinajstić information content (AvgIpc) is 4.05. The second kappa shape index (κ2) is 7.60. The highest BCUT2D eigenvalue weighted by Crippen LogP contribution is 2.99. The van der Waals surface area contributed by atoms with Gasteiger partial charge in [-0.2, -0.15) is 0 Å². The zero-order valence-corrected chi connectivity index (χ0v) is 33.6. The molecule has 22 rings (SSSR count). The topological polar surface area (TPSA) is 37.3 Å². The highest BCUT2D eigenvalue weighted by atomic mass is 16.3. The van der Waals surface area contributed by atoms with Crippen LogP contribution >= 0.6 is 0 Å². The number of carbonyl (C=O) groups excluding carboxylic acids is 1. The molecule has 0 amide bonds. The Hall–Kier alpha value is -6.09. The molecule has 9 atom stereocenters. The Morgan fingerprint density at radius 3 is 2.35 bits per heavy atom. The molecule has 0 saturated heterocycles. The highest BCUT2D eigenvalue weighted by molar-refractivity contribution is 6.53. The van der Waals surface area contributed by atoms with Crippen molar-refractivity contribution in [2.45, 2.75) is 72.0 Å². The van der Waals surface area contributed by atoms with E-state index in [1.165, 1.54) is 10.9 Å². The van der Waals surface area contributed by atoms with Gasteiger partial charge in [0.15, 0.2) is 5.78 Å². The first kappa shape index (κ1) is 28.5. The molecule has 0 heterocycles. The van der Waals surface area contributed by atoms with Crippen LogP contribution in [0.2, 0.25) is 0 Å².